The molecule has 0 radical (unpaired) electrons. The topological polar surface area (TPSA) is 36.4 Å². The Morgan fingerprint density at radius 2 is 1.91 bits per heavy atom. The van der Waals surface area contributed by atoms with Crippen LogP contribution in [-0.4, -0.2) is 27.1 Å². The Kier molecular flexibility index (Phi) is 5.14. The number of aliphatic hydroxyl groups is 1. The number of hydrogen-bond donors (Lipinski definition) is 1. The van der Waals surface area contributed by atoms with Gasteiger partial charge in [0.15, 0.2) is 4.47 Å². The van der Waals surface area contributed by atoms with Crippen molar-refractivity contribution in [3.05, 3.63) is 51.4 Å². The second kappa shape index (κ2) is 7.09. The molecule has 0 bridgehead atoms. The molecule has 1 aliphatic carbocycles. The highest BCUT2D eigenvalue weighted by molar-refractivity contribution is 7.13. The lowest BCUT2D eigenvalue weighted by Gasteiger charge is -2.40. The van der Waals surface area contributed by atoms with Crippen LogP contribution < -0.4 is 0 Å². The molecule has 1 aromatic heterocycles. The van der Waals surface area contributed by atoms with Gasteiger partial charge < -0.3 is 5.11 Å². The molecule has 0 saturated heterocycles. The van der Waals surface area contributed by atoms with Crippen LogP contribution in [0.2, 0.25) is 4.47 Å². The summed E-state index contributed by atoms with van der Waals surface area (Å²) in [7, 11) is 0. The summed E-state index contributed by atoms with van der Waals surface area (Å²) in [5.41, 5.74) is 2.14. The van der Waals surface area contributed by atoms with Crippen molar-refractivity contribution >= 4 is 22.9 Å². The van der Waals surface area contributed by atoms with Gasteiger partial charge in [-0.2, -0.15) is 0 Å². The molecule has 3 rings (SSSR count). The molecule has 1 heterocycles. The highest BCUT2D eigenvalue weighted by Gasteiger charge is 2.39. The van der Waals surface area contributed by atoms with Gasteiger partial charge in [-0.25, -0.2) is 4.98 Å². The average Bonchev–Trinajstić information content (AvgIpc) is 3.17. The molecular formula is C17H21ClN2OS. The highest BCUT2D eigenvalue weighted by atomic mass is 35.5. The van der Waals surface area contributed by atoms with E-state index in [9.17, 15) is 5.11 Å². The third-order valence-electron chi connectivity index (χ3n) is 4.59. The van der Waals surface area contributed by atoms with Gasteiger partial charge in [0.25, 0.3) is 0 Å². The SMILES string of the molecule is OCC1(N(Cc2ccccc2)Cc2csc(Cl)n2)CCCC1. The van der Waals surface area contributed by atoms with Gasteiger partial charge >= 0.3 is 0 Å². The standard InChI is InChI=1S/C17H21ClN2OS/c18-16-19-15(12-22-16)11-20(10-14-6-2-1-3-7-14)17(13-21)8-4-5-9-17/h1-3,6-7,12,21H,4-5,8-11,13H2. The lowest BCUT2D eigenvalue weighted by molar-refractivity contribution is 0.0201. The minimum absolute atomic E-state index is 0.119. The summed E-state index contributed by atoms with van der Waals surface area (Å²) in [4.78, 5) is 6.78. The van der Waals surface area contributed by atoms with E-state index in [0.29, 0.717) is 4.47 Å². The van der Waals surface area contributed by atoms with Crippen LogP contribution in [0.5, 0.6) is 0 Å². The lowest BCUT2D eigenvalue weighted by Crippen LogP contribution is -2.48. The minimum Gasteiger partial charge on any atom is -0.394 e. The van der Waals surface area contributed by atoms with E-state index in [1.807, 2.05) is 11.4 Å². The molecule has 2 aromatic rings. The molecule has 0 atom stereocenters. The first-order chi connectivity index (χ1) is 10.7. The van der Waals surface area contributed by atoms with Crippen molar-refractivity contribution in [2.75, 3.05) is 6.61 Å². The fourth-order valence-corrected chi connectivity index (χ4v) is 4.13. The Bertz CT molecular complexity index is 596. The maximum atomic E-state index is 10.1. The first kappa shape index (κ1) is 15.9. The zero-order chi connectivity index (χ0) is 15.4. The van der Waals surface area contributed by atoms with E-state index in [4.69, 9.17) is 11.6 Å². The van der Waals surface area contributed by atoms with Crippen LogP contribution in [0, 0.1) is 0 Å². The Morgan fingerprint density at radius 3 is 2.50 bits per heavy atom. The smallest absolute Gasteiger partial charge is 0.183 e. The summed E-state index contributed by atoms with van der Waals surface area (Å²) in [6, 6.07) is 10.4. The van der Waals surface area contributed by atoms with E-state index < -0.39 is 0 Å². The fourth-order valence-electron chi connectivity index (χ4n) is 3.35. The van der Waals surface area contributed by atoms with Crippen molar-refractivity contribution in [1.82, 2.24) is 9.88 Å². The van der Waals surface area contributed by atoms with Gasteiger partial charge in [-0.3, -0.25) is 4.90 Å². The van der Waals surface area contributed by atoms with Crippen molar-refractivity contribution in [2.24, 2.45) is 0 Å². The maximum absolute atomic E-state index is 10.1. The number of rotatable bonds is 6. The number of aromatic nitrogens is 1. The van der Waals surface area contributed by atoms with E-state index >= 15 is 0 Å². The largest absolute Gasteiger partial charge is 0.394 e. The normalized spacial score (nSPS) is 17.2. The molecule has 0 aliphatic heterocycles. The quantitative estimate of drug-likeness (QED) is 0.862. The first-order valence-electron chi connectivity index (χ1n) is 7.72. The van der Waals surface area contributed by atoms with Gasteiger partial charge in [-0.15, -0.1) is 11.3 Å². The average molecular weight is 337 g/mol. The van der Waals surface area contributed by atoms with Gasteiger partial charge in [0.05, 0.1) is 12.3 Å². The summed E-state index contributed by atoms with van der Waals surface area (Å²) < 4.78 is 0.583. The number of halogens is 1. The van der Waals surface area contributed by atoms with Crippen molar-refractivity contribution in [3.63, 3.8) is 0 Å². The molecule has 1 fully saturated rings. The number of benzene rings is 1. The molecule has 0 amide bonds. The van der Waals surface area contributed by atoms with Gasteiger partial charge in [0.1, 0.15) is 0 Å². The Labute approximate surface area is 140 Å². The summed E-state index contributed by atoms with van der Waals surface area (Å²) in [6.45, 7) is 1.77. The van der Waals surface area contributed by atoms with E-state index in [0.717, 1.165) is 31.6 Å². The molecular weight excluding hydrogens is 316 g/mol. The monoisotopic (exact) mass is 336 g/mol. The lowest BCUT2D eigenvalue weighted by atomic mass is 9.95. The van der Waals surface area contributed by atoms with Gasteiger partial charge in [0, 0.05) is 24.0 Å². The van der Waals surface area contributed by atoms with Crippen LogP contribution in [0.1, 0.15) is 36.9 Å². The third kappa shape index (κ3) is 3.51. The third-order valence-corrected chi connectivity index (χ3v) is 5.62. The molecule has 5 heteroatoms. The summed E-state index contributed by atoms with van der Waals surface area (Å²) in [5.74, 6) is 0. The van der Waals surface area contributed by atoms with E-state index in [1.165, 1.54) is 29.7 Å². The van der Waals surface area contributed by atoms with E-state index in [2.05, 4.69) is 34.1 Å². The van der Waals surface area contributed by atoms with Gasteiger partial charge in [-0.05, 0) is 18.4 Å². The number of hydrogen-bond acceptors (Lipinski definition) is 4. The summed E-state index contributed by atoms with van der Waals surface area (Å²) in [6.07, 6.45) is 4.47. The van der Waals surface area contributed by atoms with E-state index in [-0.39, 0.29) is 12.1 Å². The van der Waals surface area contributed by atoms with Crippen LogP contribution in [-0.2, 0) is 13.1 Å². The van der Waals surface area contributed by atoms with E-state index in [1.54, 1.807) is 0 Å². The molecule has 1 aliphatic rings. The van der Waals surface area contributed by atoms with Crippen molar-refractivity contribution in [3.8, 4) is 0 Å². The zero-order valence-corrected chi connectivity index (χ0v) is 14.1. The second-order valence-corrected chi connectivity index (χ2v) is 7.46. The number of nitrogens with zero attached hydrogens (tertiary/aromatic N) is 2. The Hall–Kier alpha value is -0.940. The molecule has 1 aromatic carbocycles. The molecule has 1 saturated carbocycles. The number of thiazole rings is 1. The highest BCUT2D eigenvalue weighted by Crippen LogP contribution is 2.37. The van der Waals surface area contributed by atoms with Gasteiger partial charge in [-0.1, -0.05) is 54.8 Å². The molecule has 118 valence electrons. The molecule has 1 N–H and O–H groups in total. The van der Waals surface area contributed by atoms with Gasteiger partial charge in [0.2, 0.25) is 0 Å². The predicted molar refractivity (Wildman–Crippen MR) is 91.1 cm³/mol. The second-order valence-electron chi connectivity index (χ2n) is 6.02. The summed E-state index contributed by atoms with van der Waals surface area (Å²) in [5, 5.41) is 12.1. The van der Waals surface area contributed by atoms with Crippen LogP contribution in [0.4, 0.5) is 0 Å². The molecule has 22 heavy (non-hydrogen) atoms. The van der Waals surface area contributed by atoms with Crippen LogP contribution in [0.3, 0.4) is 0 Å². The summed E-state index contributed by atoms with van der Waals surface area (Å²) >= 11 is 7.44. The van der Waals surface area contributed by atoms with Crippen LogP contribution >= 0.6 is 22.9 Å². The Balaban J connectivity index is 1.84. The molecule has 0 unspecified atom stereocenters. The number of aliphatic hydroxyl groups excluding tert-OH is 1. The predicted octanol–water partition coefficient (Wildman–Crippen LogP) is 4.10. The zero-order valence-electron chi connectivity index (χ0n) is 12.5. The minimum atomic E-state index is -0.119. The maximum Gasteiger partial charge on any atom is 0.183 e. The van der Waals surface area contributed by atoms with Crippen molar-refractivity contribution in [1.29, 1.82) is 0 Å². The Morgan fingerprint density at radius 1 is 1.18 bits per heavy atom. The van der Waals surface area contributed by atoms with Crippen molar-refractivity contribution in [2.45, 2.75) is 44.3 Å². The van der Waals surface area contributed by atoms with Crippen LogP contribution in [0.25, 0.3) is 0 Å². The van der Waals surface area contributed by atoms with Crippen molar-refractivity contribution < 1.29 is 5.11 Å². The molecule has 3 nitrogen and oxygen atoms in total. The van der Waals surface area contributed by atoms with Crippen LogP contribution in [0.15, 0.2) is 35.7 Å². The first-order valence-corrected chi connectivity index (χ1v) is 8.97. The fraction of sp³-hybridized carbons (Fsp3) is 0.471. The molecule has 0 spiro atoms.